The first-order valence-electron chi connectivity index (χ1n) is 5.96. The van der Waals surface area contributed by atoms with Gasteiger partial charge in [-0.05, 0) is 24.1 Å². The lowest BCUT2D eigenvalue weighted by molar-refractivity contribution is -0.528. The van der Waals surface area contributed by atoms with E-state index in [1.54, 1.807) is 4.68 Å². The van der Waals surface area contributed by atoms with E-state index in [0.29, 0.717) is 28.2 Å². The number of halogens is 3. The Balaban J connectivity index is 2.68. The van der Waals surface area contributed by atoms with Crippen molar-refractivity contribution in [3.8, 4) is 0 Å². The molecule has 0 amide bonds. The predicted molar refractivity (Wildman–Crippen MR) is 72.0 cm³/mol. The summed E-state index contributed by atoms with van der Waals surface area (Å²) < 4.78 is 30.7. The number of rotatable bonds is 2. The molecule has 0 aliphatic heterocycles. The minimum absolute atomic E-state index is 0.351. The van der Waals surface area contributed by atoms with Crippen molar-refractivity contribution in [1.29, 1.82) is 0 Å². The highest BCUT2D eigenvalue weighted by molar-refractivity contribution is 9.10. The SMILES string of the molecule is C=[n+]1c(Br)nn(CC(C)C)c1=C1C=CC(F)=CC1F. The Bertz CT molecular complexity index is 658. The molecule has 2 rings (SSSR count). The molecule has 1 heterocycles. The summed E-state index contributed by atoms with van der Waals surface area (Å²) in [5.74, 6) is -0.218. The first-order valence-corrected chi connectivity index (χ1v) is 6.75. The molecular formula is C13H15BrF2N3+. The van der Waals surface area contributed by atoms with Crippen molar-refractivity contribution in [2.24, 2.45) is 5.92 Å². The maximum absolute atomic E-state index is 14.0. The van der Waals surface area contributed by atoms with Crippen LogP contribution in [0.1, 0.15) is 13.8 Å². The third-order valence-electron chi connectivity index (χ3n) is 2.75. The fourth-order valence-electron chi connectivity index (χ4n) is 1.95. The molecule has 1 unspecified atom stereocenters. The lowest BCUT2D eigenvalue weighted by Gasteiger charge is -2.07. The molecule has 0 fully saturated rings. The molecule has 1 aliphatic rings. The van der Waals surface area contributed by atoms with Crippen LogP contribution in [0.4, 0.5) is 8.78 Å². The summed E-state index contributed by atoms with van der Waals surface area (Å²) >= 11 is 3.27. The number of hydrogen-bond acceptors (Lipinski definition) is 1. The molecule has 0 bridgehead atoms. The predicted octanol–water partition coefficient (Wildman–Crippen LogP) is 2.14. The molecule has 1 aliphatic carbocycles. The van der Waals surface area contributed by atoms with Crippen LogP contribution < -0.4 is 9.72 Å². The molecule has 1 aromatic heterocycles. The highest BCUT2D eigenvalue weighted by Crippen LogP contribution is 2.19. The van der Waals surface area contributed by atoms with E-state index in [2.05, 4.69) is 27.7 Å². The van der Waals surface area contributed by atoms with Gasteiger partial charge in [0, 0.05) is 22.6 Å². The number of alkyl halides is 1. The molecule has 102 valence electrons. The van der Waals surface area contributed by atoms with Crippen molar-refractivity contribution in [1.82, 2.24) is 9.78 Å². The van der Waals surface area contributed by atoms with Gasteiger partial charge in [0.2, 0.25) is 0 Å². The minimum Gasteiger partial charge on any atom is -0.237 e. The third-order valence-corrected chi connectivity index (χ3v) is 3.33. The monoisotopic (exact) mass is 330 g/mol. The lowest BCUT2D eigenvalue weighted by atomic mass is 10.1. The van der Waals surface area contributed by atoms with Crippen LogP contribution in [0.15, 0.2) is 28.8 Å². The van der Waals surface area contributed by atoms with Crippen molar-refractivity contribution >= 4 is 21.5 Å². The van der Waals surface area contributed by atoms with Crippen molar-refractivity contribution in [3.63, 3.8) is 0 Å². The number of aromatic nitrogens is 3. The highest BCUT2D eigenvalue weighted by atomic mass is 79.9. The molecule has 3 nitrogen and oxygen atoms in total. The van der Waals surface area contributed by atoms with Crippen molar-refractivity contribution < 1.29 is 13.0 Å². The van der Waals surface area contributed by atoms with E-state index < -0.39 is 12.0 Å². The Morgan fingerprint density at radius 2 is 2.21 bits per heavy atom. The first-order chi connectivity index (χ1) is 8.90. The van der Waals surface area contributed by atoms with Gasteiger partial charge >= 0.3 is 4.73 Å². The van der Waals surface area contributed by atoms with Gasteiger partial charge < -0.3 is 0 Å². The zero-order valence-corrected chi connectivity index (χ0v) is 12.4. The quantitative estimate of drug-likeness (QED) is 0.762. The van der Waals surface area contributed by atoms with Crippen molar-refractivity contribution in [2.45, 2.75) is 26.6 Å². The Labute approximate surface area is 118 Å². The van der Waals surface area contributed by atoms with E-state index in [1.807, 2.05) is 13.8 Å². The van der Waals surface area contributed by atoms with Crippen LogP contribution in [0.5, 0.6) is 0 Å². The molecule has 0 saturated heterocycles. The topological polar surface area (TPSA) is 23.7 Å². The van der Waals surface area contributed by atoms with Gasteiger partial charge in [-0.25, -0.2) is 8.78 Å². The van der Waals surface area contributed by atoms with Crippen LogP contribution in [-0.2, 0) is 6.54 Å². The third kappa shape index (κ3) is 2.83. The molecular weight excluding hydrogens is 316 g/mol. The smallest absolute Gasteiger partial charge is 0.237 e. The average Bonchev–Trinajstić information content (AvgIpc) is 2.55. The lowest BCUT2D eigenvalue weighted by Crippen LogP contribution is -2.42. The van der Waals surface area contributed by atoms with Gasteiger partial charge in [0.1, 0.15) is 12.4 Å². The van der Waals surface area contributed by atoms with Gasteiger partial charge in [0.05, 0.1) is 10.7 Å². The summed E-state index contributed by atoms with van der Waals surface area (Å²) in [5.41, 5.74) is 0.892. The van der Waals surface area contributed by atoms with E-state index in [9.17, 15) is 8.78 Å². The molecule has 0 spiro atoms. The summed E-state index contributed by atoms with van der Waals surface area (Å²) in [5, 5.41) is 4.28. The maximum Gasteiger partial charge on any atom is 0.348 e. The second kappa shape index (κ2) is 5.36. The van der Waals surface area contributed by atoms with E-state index in [1.165, 1.54) is 16.4 Å². The Morgan fingerprint density at radius 1 is 1.53 bits per heavy atom. The van der Waals surface area contributed by atoms with Crippen LogP contribution in [0.25, 0.3) is 5.57 Å². The molecule has 0 radical (unpaired) electrons. The molecule has 1 atom stereocenters. The fraction of sp³-hybridized carbons (Fsp3) is 0.385. The largest absolute Gasteiger partial charge is 0.348 e. The summed E-state index contributed by atoms with van der Waals surface area (Å²) in [7, 11) is 0. The second-order valence-electron chi connectivity index (χ2n) is 4.84. The van der Waals surface area contributed by atoms with Crippen molar-refractivity contribution in [2.75, 3.05) is 0 Å². The van der Waals surface area contributed by atoms with Crippen LogP contribution in [0, 0.1) is 12.6 Å². The van der Waals surface area contributed by atoms with E-state index in [4.69, 9.17) is 0 Å². The van der Waals surface area contributed by atoms with E-state index in [0.717, 1.165) is 6.08 Å². The zero-order chi connectivity index (χ0) is 14.2. The normalized spacial score (nSPS) is 22.0. The van der Waals surface area contributed by atoms with Crippen LogP contribution in [0.3, 0.4) is 0 Å². The standard InChI is InChI=1S/C13H15BrF2N3/c1-8(2)7-19-12(18(3)13(14)17-19)10-5-4-9(15)6-11(10)16/h4-6,8,11H,3,7H2,1-2H3/q+1. The summed E-state index contributed by atoms with van der Waals surface area (Å²) in [6.07, 6.45) is 2.12. The number of nitrogens with zero attached hydrogens (tertiary/aromatic N) is 3. The molecule has 0 saturated carbocycles. The fourth-order valence-corrected chi connectivity index (χ4v) is 2.31. The number of hydrogen-bond donors (Lipinski definition) is 0. The maximum atomic E-state index is 14.0. The zero-order valence-electron chi connectivity index (χ0n) is 10.8. The van der Waals surface area contributed by atoms with Gasteiger partial charge in [-0.15, -0.1) is 4.68 Å². The Hall–Kier alpha value is -1.30. The van der Waals surface area contributed by atoms with Gasteiger partial charge in [0.15, 0.2) is 6.17 Å². The molecule has 19 heavy (non-hydrogen) atoms. The van der Waals surface area contributed by atoms with Crippen LogP contribution >= 0.6 is 15.9 Å². The van der Waals surface area contributed by atoms with E-state index in [-0.39, 0.29) is 0 Å². The van der Waals surface area contributed by atoms with Crippen LogP contribution in [0.2, 0.25) is 0 Å². The van der Waals surface area contributed by atoms with E-state index >= 15 is 0 Å². The highest BCUT2D eigenvalue weighted by Gasteiger charge is 2.23. The molecule has 1 aromatic rings. The van der Waals surface area contributed by atoms with Gasteiger partial charge in [-0.2, -0.15) is 4.24 Å². The first kappa shape index (κ1) is 14.1. The minimum atomic E-state index is -1.49. The molecule has 6 heteroatoms. The molecule has 0 aromatic carbocycles. The van der Waals surface area contributed by atoms with Crippen molar-refractivity contribution in [3.05, 3.63) is 41.0 Å². The Kier molecular flexibility index (Phi) is 3.99. The van der Waals surface area contributed by atoms with Gasteiger partial charge in [-0.3, -0.25) is 0 Å². The number of allylic oxidation sites excluding steroid dienone is 4. The molecule has 0 N–H and O–H groups in total. The van der Waals surface area contributed by atoms with Crippen LogP contribution in [-0.4, -0.2) is 16.0 Å². The average molecular weight is 331 g/mol. The summed E-state index contributed by atoms with van der Waals surface area (Å²) in [4.78, 5) is 0. The summed E-state index contributed by atoms with van der Waals surface area (Å²) in [6.45, 7) is 8.54. The Morgan fingerprint density at radius 3 is 2.79 bits per heavy atom. The van der Waals surface area contributed by atoms with Gasteiger partial charge in [0.25, 0.3) is 5.48 Å². The van der Waals surface area contributed by atoms with Gasteiger partial charge in [-0.1, -0.05) is 13.8 Å². The second-order valence-corrected chi connectivity index (χ2v) is 5.55. The summed E-state index contributed by atoms with van der Waals surface area (Å²) in [6, 6.07) is 0.